The third-order valence-electron chi connectivity index (χ3n) is 4.28. The molecule has 0 bridgehead atoms. The van der Waals surface area contributed by atoms with Gasteiger partial charge < -0.3 is 16.0 Å². The van der Waals surface area contributed by atoms with Crippen LogP contribution in [0.1, 0.15) is 26.1 Å². The lowest BCUT2D eigenvalue weighted by atomic mass is 9.88. The van der Waals surface area contributed by atoms with Gasteiger partial charge in [-0.3, -0.25) is 4.79 Å². The second-order valence-corrected chi connectivity index (χ2v) is 5.93. The first-order valence-electron chi connectivity index (χ1n) is 7.19. The minimum Gasteiger partial charge on any atom is -0.368 e. The summed E-state index contributed by atoms with van der Waals surface area (Å²) in [6.45, 7) is 3.97. The second kappa shape index (κ2) is 4.16. The molecule has 0 saturated carbocycles. The molecular weight excluding hydrogens is 280 g/mol. The minimum atomic E-state index is -0.375. The monoisotopic (exact) mass is 296 g/mol. The van der Waals surface area contributed by atoms with E-state index in [4.69, 9.17) is 5.73 Å². The average Bonchev–Trinajstić information content (AvgIpc) is 2.67. The van der Waals surface area contributed by atoms with Gasteiger partial charge in [0.1, 0.15) is 23.5 Å². The molecule has 1 unspecified atom stereocenters. The second-order valence-electron chi connectivity index (χ2n) is 5.93. The normalized spacial score (nSPS) is 25.4. The third kappa shape index (κ3) is 1.68. The number of rotatable bonds is 3. The summed E-state index contributed by atoms with van der Waals surface area (Å²) in [5.41, 5.74) is 9.24. The quantitative estimate of drug-likeness (QED) is 0.850. The van der Waals surface area contributed by atoms with Gasteiger partial charge in [0.25, 0.3) is 5.91 Å². The van der Waals surface area contributed by atoms with Gasteiger partial charge in [-0.2, -0.15) is 4.98 Å². The summed E-state index contributed by atoms with van der Waals surface area (Å²) in [5, 5.41) is 3.00. The van der Waals surface area contributed by atoms with Crippen molar-refractivity contribution in [2.24, 2.45) is 0 Å². The number of carbonyl (C=O) groups is 1. The molecule has 4 heterocycles. The van der Waals surface area contributed by atoms with Crippen molar-refractivity contribution in [3.8, 4) is 0 Å². The van der Waals surface area contributed by atoms with E-state index in [1.165, 1.54) is 11.9 Å². The zero-order valence-corrected chi connectivity index (χ0v) is 12.4. The topological polar surface area (TPSA) is 97.0 Å². The Bertz CT molecular complexity index is 793. The Morgan fingerprint density at radius 2 is 2.18 bits per heavy atom. The van der Waals surface area contributed by atoms with Gasteiger partial charge in [-0.1, -0.05) is 6.08 Å². The van der Waals surface area contributed by atoms with Crippen LogP contribution in [0, 0.1) is 0 Å². The van der Waals surface area contributed by atoms with Gasteiger partial charge in [0, 0.05) is 12.1 Å². The Labute approximate surface area is 127 Å². The summed E-state index contributed by atoms with van der Waals surface area (Å²) in [7, 11) is 0. The molecule has 0 radical (unpaired) electrons. The van der Waals surface area contributed by atoms with Gasteiger partial charge in [-0.25, -0.2) is 9.97 Å². The van der Waals surface area contributed by atoms with Crippen LogP contribution < -0.4 is 11.1 Å². The third-order valence-corrected chi connectivity index (χ3v) is 4.28. The summed E-state index contributed by atoms with van der Waals surface area (Å²) < 4.78 is 0. The molecule has 22 heavy (non-hydrogen) atoms. The van der Waals surface area contributed by atoms with Crippen molar-refractivity contribution < 1.29 is 4.79 Å². The fourth-order valence-corrected chi connectivity index (χ4v) is 3.32. The Kier molecular flexibility index (Phi) is 2.46. The fraction of sp³-hybridized carbons (Fsp3) is 0.333. The molecule has 1 aromatic heterocycles. The zero-order valence-electron chi connectivity index (χ0n) is 12.4. The van der Waals surface area contributed by atoms with E-state index in [0.29, 0.717) is 12.2 Å². The van der Waals surface area contributed by atoms with Crippen LogP contribution in [0.5, 0.6) is 0 Å². The Balaban J connectivity index is 1.62. The van der Waals surface area contributed by atoms with Crippen LogP contribution in [-0.4, -0.2) is 31.4 Å². The maximum atomic E-state index is 12.1. The number of aromatic nitrogens is 3. The summed E-state index contributed by atoms with van der Waals surface area (Å²) in [6.07, 6.45) is 7.08. The van der Waals surface area contributed by atoms with Crippen molar-refractivity contribution in [3.63, 3.8) is 0 Å². The van der Waals surface area contributed by atoms with Crippen LogP contribution in [0.3, 0.4) is 0 Å². The van der Waals surface area contributed by atoms with E-state index in [-0.39, 0.29) is 17.5 Å². The van der Waals surface area contributed by atoms with Crippen molar-refractivity contribution in [3.05, 3.63) is 46.8 Å². The molecule has 0 spiro atoms. The van der Waals surface area contributed by atoms with E-state index in [0.717, 1.165) is 23.4 Å². The van der Waals surface area contributed by atoms with Crippen LogP contribution in [-0.2, 0) is 11.2 Å². The van der Waals surface area contributed by atoms with Gasteiger partial charge in [-0.05, 0) is 37.5 Å². The molecule has 1 fully saturated rings. The highest BCUT2D eigenvalue weighted by molar-refractivity contribution is 5.99. The Morgan fingerprint density at radius 1 is 1.36 bits per heavy atom. The van der Waals surface area contributed by atoms with Crippen molar-refractivity contribution >= 4 is 11.9 Å². The van der Waals surface area contributed by atoms with Crippen LogP contribution in [0.25, 0.3) is 0 Å². The van der Waals surface area contributed by atoms with Crippen molar-refractivity contribution in [1.29, 1.82) is 0 Å². The molecule has 1 aromatic rings. The van der Waals surface area contributed by atoms with E-state index in [9.17, 15) is 4.79 Å². The molecule has 4 rings (SSSR count). The number of carbonyl (C=O) groups excluding carboxylic acids is 1. The molecule has 0 aromatic carbocycles. The van der Waals surface area contributed by atoms with Crippen molar-refractivity contribution in [1.82, 2.24) is 25.2 Å². The van der Waals surface area contributed by atoms with Crippen molar-refractivity contribution in [2.75, 3.05) is 5.73 Å². The first-order valence-corrected chi connectivity index (χ1v) is 7.19. The van der Waals surface area contributed by atoms with Crippen LogP contribution >= 0.6 is 0 Å². The maximum Gasteiger partial charge on any atom is 0.270 e. The summed E-state index contributed by atoms with van der Waals surface area (Å²) in [5.74, 6) is 0.914. The molecule has 0 aliphatic carbocycles. The van der Waals surface area contributed by atoms with Gasteiger partial charge >= 0.3 is 0 Å². The number of anilines is 1. The fourth-order valence-electron chi connectivity index (χ4n) is 3.32. The average molecular weight is 296 g/mol. The van der Waals surface area contributed by atoms with Crippen LogP contribution in [0.2, 0.25) is 0 Å². The molecule has 1 saturated heterocycles. The smallest absolute Gasteiger partial charge is 0.270 e. The number of nitrogen functional groups attached to an aromatic ring is 1. The van der Waals surface area contributed by atoms with Gasteiger partial charge in [-0.15, -0.1) is 0 Å². The van der Waals surface area contributed by atoms with Crippen LogP contribution in [0.15, 0.2) is 41.0 Å². The number of nitrogens with one attached hydrogen (secondary N) is 1. The number of nitrogens with two attached hydrogens (primary N) is 1. The zero-order chi connectivity index (χ0) is 15.5. The number of hydrogen-bond acceptors (Lipinski definition) is 6. The number of amides is 1. The number of allylic oxidation sites excluding steroid dienone is 3. The van der Waals surface area contributed by atoms with E-state index >= 15 is 0 Å². The summed E-state index contributed by atoms with van der Waals surface area (Å²) >= 11 is 0. The highest BCUT2D eigenvalue weighted by Crippen LogP contribution is 2.47. The number of hydrogen-bond donors (Lipinski definition) is 2. The van der Waals surface area contributed by atoms with E-state index in [1.807, 2.05) is 13.8 Å². The van der Waals surface area contributed by atoms with Gasteiger partial charge in [0.05, 0.1) is 0 Å². The highest BCUT2D eigenvalue weighted by atomic mass is 16.2. The first-order chi connectivity index (χ1) is 10.5. The summed E-state index contributed by atoms with van der Waals surface area (Å²) in [6, 6.07) is 0. The molecule has 7 nitrogen and oxygen atoms in total. The molecule has 3 aliphatic rings. The minimum absolute atomic E-state index is 0.00760. The van der Waals surface area contributed by atoms with E-state index in [1.54, 1.807) is 0 Å². The molecule has 3 N–H and O–H groups in total. The Hall–Kier alpha value is -2.70. The maximum absolute atomic E-state index is 12.1. The van der Waals surface area contributed by atoms with E-state index in [2.05, 4.69) is 37.3 Å². The van der Waals surface area contributed by atoms with E-state index < -0.39 is 0 Å². The molecule has 1 atom stereocenters. The predicted molar refractivity (Wildman–Crippen MR) is 79.8 cm³/mol. The van der Waals surface area contributed by atoms with Crippen LogP contribution in [0.4, 0.5) is 5.95 Å². The molecule has 1 amide bonds. The predicted octanol–water partition coefficient (Wildman–Crippen LogP) is 0.646. The molecular formula is C15H16N6O. The van der Waals surface area contributed by atoms with Crippen molar-refractivity contribution in [2.45, 2.75) is 32.4 Å². The lowest BCUT2D eigenvalue weighted by molar-refractivity contribution is -0.116. The largest absolute Gasteiger partial charge is 0.368 e. The molecule has 7 heteroatoms. The molecule has 112 valence electrons. The van der Waals surface area contributed by atoms with Gasteiger partial charge in [0.15, 0.2) is 0 Å². The lowest BCUT2D eigenvalue weighted by Crippen LogP contribution is -2.54. The highest BCUT2D eigenvalue weighted by Gasteiger charge is 2.53. The summed E-state index contributed by atoms with van der Waals surface area (Å²) in [4.78, 5) is 26.2. The number of nitrogens with zero attached hydrogens (tertiary/aromatic N) is 4. The molecule has 3 aliphatic heterocycles. The Morgan fingerprint density at radius 3 is 2.95 bits per heavy atom. The lowest BCUT2D eigenvalue weighted by Gasteiger charge is -2.46. The first kappa shape index (κ1) is 13.0. The SMILES string of the molecule is CC1=C2C(=O)NC3(C)C=C(C(CCc4ncnc(N)n4)=C1)N23. The standard InChI is InChI=1S/C15H16N6O/c1-8-5-9(3-4-11-17-7-18-14(16)19-11)10-6-15(2)20-13(22)12(8)21(10)15/h5-7H,3-4H2,1-2H3,(H,20,22)(H2,16,17,18,19). The van der Waals surface area contributed by atoms with Gasteiger partial charge in [0.2, 0.25) is 5.95 Å². The number of aryl methyl sites for hydroxylation is 1.